The summed E-state index contributed by atoms with van der Waals surface area (Å²) in [6, 6.07) is 8.67. The van der Waals surface area contributed by atoms with Gasteiger partial charge in [-0.3, -0.25) is 9.59 Å². The molecule has 3 rings (SSSR count). The van der Waals surface area contributed by atoms with E-state index in [2.05, 4.69) is 25.5 Å². The number of nitrogens with zero attached hydrogens (tertiary/aromatic N) is 3. The number of hydrogen-bond acceptors (Lipinski definition) is 5. The summed E-state index contributed by atoms with van der Waals surface area (Å²) in [4.78, 5) is 34.4. The summed E-state index contributed by atoms with van der Waals surface area (Å²) in [5.74, 6) is 0.965. The van der Waals surface area contributed by atoms with Crippen LogP contribution in [0.15, 0.2) is 30.3 Å². The Morgan fingerprint density at radius 3 is 2.20 bits per heavy atom. The maximum atomic E-state index is 12.5. The van der Waals surface area contributed by atoms with E-state index >= 15 is 0 Å². The number of aromatic nitrogens is 2. The van der Waals surface area contributed by atoms with Gasteiger partial charge in [0, 0.05) is 37.5 Å². The fourth-order valence-corrected chi connectivity index (χ4v) is 2.81. The molecule has 0 atom stereocenters. The lowest BCUT2D eigenvalue weighted by Crippen LogP contribution is -2.22. The van der Waals surface area contributed by atoms with Crippen LogP contribution in [0.4, 0.5) is 17.2 Å². The molecule has 0 saturated carbocycles. The van der Waals surface area contributed by atoms with Gasteiger partial charge in [-0.1, -0.05) is 0 Å². The van der Waals surface area contributed by atoms with Crippen molar-refractivity contribution in [1.82, 2.24) is 9.97 Å². The Hall–Kier alpha value is -2.96. The quantitative estimate of drug-likeness (QED) is 0.894. The third-order valence-electron chi connectivity index (χ3n) is 3.95. The van der Waals surface area contributed by atoms with Gasteiger partial charge in [0.15, 0.2) is 0 Å². The standard InChI is InChI=1S/C18H21N5O2/c1-12-19-16(11-17(20-12)23-9-3-4-10-23)18(25)22-15-7-5-14(6-8-15)21-13(2)24/h5-8,11H,3-4,9-10H2,1-2H3,(H,21,24)(H,22,25). The number of carbonyl (C=O) groups is 2. The first-order valence-corrected chi connectivity index (χ1v) is 8.31. The van der Waals surface area contributed by atoms with Crippen LogP contribution in [0.5, 0.6) is 0 Å². The van der Waals surface area contributed by atoms with Gasteiger partial charge in [0.05, 0.1) is 0 Å². The first-order chi connectivity index (χ1) is 12.0. The normalized spacial score (nSPS) is 13.6. The van der Waals surface area contributed by atoms with Crippen molar-refractivity contribution in [1.29, 1.82) is 0 Å². The molecule has 0 bridgehead atoms. The number of rotatable bonds is 4. The zero-order valence-corrected chi connectivity index (χ0v) is 14.4. The smallest absolute Gasteiger partial charge is 0.274 e. The highest BCUT2D eigenvalue weighted by Gasteiger charge is 2.17. The van der Waals surface area contributed by atoms with Crippen LogP contribution in [0.3, 0.4) is 0 Å². The summed E-state index contributed by atoms with van der Waals surface area (Å²) >= 11 is 0. The van der Waals surface area contributed by atoms with Crippen molar-refractivity contribution in [2.24, 2.45) is 0 Å². The minimum atomic E-state index is -0.279. The van der Waals surface area contributed by atoms with Crippen molar-refractivity contribution >= 4 is 29.0 Å². The van der Waals surface area contributed by atoms with E-state index < -0.39 is 0 Å². The molecule has 2 aromatic rings. The van der Waals surface area contributed by atoms with E-state index in [0.29, 0.717) is 22.9 Å². The van der Waals surface area contributed by atoms with Crippen molar-refractivity contribution in [2.75, 3.05) is 28.6 Å². The highest BCUT2D eigenvalue weighted by Crippen LogP contribution is 2.20. The number of amides is 2. The lowest BCUT2D eigenvalue weighted by atomic mass is 10.2. The van der Waals surface area contributed by atoms with Crippen LogP contribution < -0.4 is 15.5 Å². The van der Waals surface area contributed by atoms with E-state index in [1.165, 1.54) is 6.92 Å². The third kappa shape index (κ3) is 4.32. The van der Waals surface area contributed by atoms with Crippen molar-refractivity contribution in [3.63, 3.8) is 0 Å². The zero-order valence-electron chi connectivity index (χ0n) is 14.4. The summed E-state index contributed by atoms with van der Waals surface area (Å²) in [6.07, 6.45) is 2.29. The fourth-order valence-electron chi connectivity index (χ4n) is 2.81. The molecule has 7 heteroatoms. The highest BCUT2D eigenvalue weighted by molar-refractivity contribution is 6.03. The second kappa shape index (κ2) is 7.29. The zero-order chi connectivity index (χ0) is 17.8. The SMILES string of the molecule is CC(=O)Nc1ccc(NC(=O)c2cc(N3CCCC3)nc(C)n2)cc1. The van der Waals surface area contributed by atoms with Gasteiger partial charge in [-0.15, -0.1) is 0 Å². The summed E-state index contributed by atoms with van der Waals surface area (Å²) in [7, 11) is 0. The summed E-state index contributed by atoms with van der Waals surface area (Å²) in [5, 5.41) is 5.51. The maximum absolute atomic E-state index is 12.5. The molecule has 2 N–H and O–H groups in total. The minimum absolute atomic E-state index is 0.136. The Morgan fingerprint density at radius 1 is 1.00 bits per heavy atom. The van der Waals surface area contributed by atoms with E-state index in [-0.39, 0.29) is 11.8 Å². The van der Waals surface area contributed by atoms with Crippen LogP contribution in [0.1, 0.15) is 36.1 Å². The number of nitrogens with one attached hydrogen (secondary N) is 2. The number of benzene rings is 1. The van der Waals surface area contributed by atoms with Gasteiger partial charge in [0.25, 0.3) is 5.91 Å². The number of hydrogen-bond donors (Lipinski definition) is 2. The minimum Gasteiger partial charge on any atom is -0.356 e. The second-order valence-electron chi connectivity index (χ2n) is 6.07. The summed E-state index contributed by atoms with van der Waals surface area (Å²) in [5.41, 5.74) is 1.66. The van der Waals surface area contributed by atoms with Crippen LogP contribution in [0, 0.1) is 6.92 Å². The van der Waals surface area contributed by atoms with Gasteiger partial charge in [0.1, 0.15) is 17.3 Å². The largest absolute Gasteiger partial charge is 0.356 e. The van der Waals surface area contributed by atoms with Crippen molar-refractivity contribution in [3.05, 3.63) is 41.9 Å². The topological polar surface area (TPSA) is 87.2 Å². The molecule has 0 unspecified atom stereocenters. The van der Waals surface area contributed by atoms with Crippen LogP contribution >= 0.6 is 0 Å². The van der Waals surface area contributed by atoms with Crippen LogP contribution in [-0.2, 0) is 4.79 Å². The number of aryl methyl sites for hydroxylation is 1. The van der Waals surface area contributed by atoms with Gasteiger partial charge in [-0.25, -0.2) is 9.97 Å². The van der Waals surface area contributed by atoms with Crippen molar-refractivity contribution < 1.29 is 9.59 Å². The predicted octanol–water partition coefficient (Wildman–Crippen LogP) is 2.60. The Bertz CT molecular complexity index is 783. The van der Waals surface area contributed by atoms with Crippen molar-refractivity contribution in [3.8, 4) is 0 Å². The average Bonchev–Trinajstić information content (AvgIpc) is 3.10. The molecule has 0 spiro atoms. The number of carbonyl (C=O) groups excluding carboxylic acids is 2. The molecule has 2 heterocycles. The molecule has 25 heavy (non-hydrogen) atoms. The van der Waals surface area contributed by atoms with E-state index in [4.69, 9.17) is 0 Å². The Labute approximate surface area is 146 Å². The van der Waals surface area contributed by atoms with Gasteiger partial charge in [0.2, 0.25) is 5.91 Å². The first-order valence-electron chi connectivity index (χ1n) is 8.31. The molecule has 1 aromatic heterocycles. The van der Waals surface area contributed by atoms with Crippen LogP contribution in [0.2, 0.25) is 0 Å². The van der Waals surface area contributed by atoms with Gasteiger partial charge in [-0.05, 0) is 44.0 Å². The molecule has 0 radical (unpaired) electrons. The van der Waals surface area contributed by atoms with Gasteiger partial charge >= 0.3 is 0 Å². The van der Waals surface area contributed by atoms with E-state index in [1.807, 2.05) is 0 Å². The Balaban J connectivity index is 1.73. The van der Waals surface area contributed by atoms with Crippen LogP contribution in [-0.4, -0.2) is 34.9 Å². The Kier molecular flexibility index (Phi) is 4.92. The molecular formula is C18H21N5O2. The molecule has 2 amide bonds. The molecule has 0 aliphatic carbocycles. The summed E-state index contributed by atoms with van der Waals surface area (Å²) < 4.78 is 0. The average molecular weight is 339 g/mol. The molecule has 130 valence electrons. The molecule has 1 aromatic carbocycles. The molecule has 1 aliphatic heterocycles. The Morgan fingerprint density at radius 2 is 1.60 bits per heavy atom. The van der Waals surface area contributed by atoms with Gasteiger partial charge in [-0.2, -0.15) is 0 Å². The first kappa shape index (κ1) is 16.9. The van der Waals surface area contributed by atoms with E-state index in [9.17, 15) is 9.59 Å². The predicted molar refractivity (Wildman–Crippen MR) is 96.9 cm³/mol. The van der Waals surface area contributed by atoms with E-state index in [1.54, 1.807) is 37.3 Å². The highest BCUT2D eigenvalue weighted by atomic mass is 16.2. The number of anilines is 3. The monoisotopic (exact) mass is 339 g/mol. The lowest BCUT2D eigenvalue weighted by Gasteiger charge is -2.17. The maximum Gasteiger partial charge on any atom is 0.274 e. The fraction of sp³-hybridized carbons (Fsp3) is 0.333. The van der Waals surface area contributed by atoms with Crippen LogP contribution in [0.25, 0.3) is 0 Å². The second-order valence-corrected chi connectivity index (χ2v) is 6.07. The lowest BCUT2D eigenvalue weighted by molar-refractivity contribution is -0.114. The van der Waals surface area contributed by atoms with Gasteiger partial charge < -0.3 is 15.5 Å². The molecule has 7 nitrogen and oxygen atoms in total. The molecule has 1 aliphatic rings. The van der Waals surface area contributed by atoms with E-state index in [0.717, 1.165) is 31.7 Å². The molecule has 1 fully saturated rings. The van der Waals surface area contributed by atoms with Crippen molar-refractivity contribution in [2.45, 2.75) is 26.7 Å². The molecule has 1 saturated heterocycles. The third-order valence-corrected chi connectivity index (χ3v) is 3.95. The summed E-state index contributed by atoms with van der Waals surface area (Å²) in [6.45, 7) is 5.16. The molecular weight excluding hydrogens is 318 g/mol.